The minimum atomic E-state index is -0.437. The molecule has 0 aliphatic carbocycles. The lowest BCUT2D eigenvalue weighted by atomic mass is 10.1. The highest BCUT2D eigenvalue weighted by Gasteiger charge is 2.17. The summed E-state index contributed by atoms with van der Waals surface area (Å²) in [6.07, 6.45) is 0.676. The van der Waals surface area contributed by atoms with Gasteiger partial charge in [-0.05, 0) is 19.4 Å². The first-order valence-corrected chi connectivity index (χ1v) is 5.87. The average molecular weight is 262 g/mol. The average Bonchev–Trinajstić information content (AvgIpc) is 2.87. The van der Waals surface area contributed by atoms with E-state index in [1.807, 2.05) is 6.92 Å². The highest BCUT2D eigenvalue weighted by atomic mass is 16.6. The predicted molar refractivity (Wildman–Crippen MR) is 68.3 cm³/mol. The first-order chi connectivity index (χ1) is 9.02. The number of hydrogen-bond donors (Lipinski definition) is 1. The van der Waals surface area contributed by atoms with Crippen LogP contribution < -0.4 is 5.73 Å². The second-order valence-electron chi connectivity index (χ2n) is 4.22. The van der Waals surface area contributed by atoms with Crippen molar-refractivity contribution >= 4 is 5.69 Å². The number of aryl methyl sites for hydroxylation is 1. The smallest absolute Gasteiger partial charge is 0.273 e. The molecule has 1 unspecified atom stereocenters. The maximum Gasteiger partial charge on any atom is 0.273 e. The van der Waals surface area contributed by atoms with Crippen LogP contribution in [0.4, 0.5) is 5.69 Å². The summed E-state index contributed by atoms with van der Waals surface area (Å²) >= 11 is 0. The van der Waals surface area contributed by atoms with E-state index in [2.05, 4.69) is 10.2 Å². The molecule has 0 saturated carbocycles. The molecule has 1 aromatic carbocycles. The fraction of sp³-hybridized carbons (Fsp3) is 0.333. The van der Waals surface area contributed by atoms with Crippen molar-refractivity contribution in [1.82, 2.24) is 10.2 Å². The fourth-order valence-corrected chi connectivity index (χ4v) is 1.61. The third kappa shape index (κ3) is 2.60. The number of aromatic nitrogens is 2. The van der Waals surface area contributed by atoms with Gasteiger partial charge >= 0.3 is 0 Å². The van der Waals surface area contributed by atoms with Gasteiger partial charge in [-0.1, -0.05) is 13.0 Å². The maximum atomic E-state index is 10.9. The molecule has 0 spiro atoms. The minimum Gasteiger partial charge on any atom is -0.419 e. The number of nitro groups is 1. The van der Waals surface area contributed by atoms with Crippen LogP contribution in [0, 0.1) is 17.0 Å². The Kier molecular flexibility index (Phi) is 3.57. The van der Waals surface area contributed by atoms with Crippen LogP contribution in [0.5, 0.6) is 0 Å². The van der Waals surface area contributed by atoms with E-state index in [4.69, 9.17) is 10.2 Å². The molecule has 0 fully saturated rings. The zero-order valence-corrected chi connectivity index (χ0v) is 10.7. The Morgan fingerprint density at radius 3 is 2.84 bits per heavy atom. The van der Waals surface area contributed by atoms with E-state index < -0.39 is 4.92 Å². The zero-order valence-electron chi connectivity index (χ0n) is 10.7. The molecule has 0 saturated heterocycles. The molecule has 100 valence electrons. The monoisotopic (exact) mass is 262 g/mol. The number of nitrogens with two attached hydrogens (primary N) is 1. The van der Waals surface area contributed by atoms with Gasteiger partial charge in [0.2, 0.25) is 11.8 Å². The van der Waals surface area contributed by atoms with Crippen LogP contribution in [0.3, 0.4) is 0 Å². The van der Waals surface area contributed by atoms with Crippen molar-refractivity contribution in [3.05, 3.63) is 39.8 Å². The van der Waals surface area contributed by atoms with E-state index in [0.29, 0.717) is 23.4 Å². The number of rotatable bonds is 4. The highest BCUT2D eigenvalue weighted by molar-refractivity contribution is 5.59. The zero-order chi connectivity index (χ0) is 14.0. The first kappa shape index (κ1) is 13.2. The van der Waals surface area contributed by atoms with E-state index in [0.717, 1.165) is 0 Å². The number of benzene rings is 1. The van der Waals surface area contributed by atoms with Crippen molar-refractivity contribution in [2.24, 2.45) is 5.73 Å². The quantitative estimate of drug-likeness (QED) is 0.669. The molecule has 7 nitrogen and oxygen atoms in total. The van der Waals surface area contributed by atoms with Crippen molar-refractivity contribution in [3.8, 4) is 11.5 Å². The van der Waals surface area contributed by atoms with Crippen LogP contribution in [0.2, 0.25) is 0 Å². The molecule has 1 atom stereocenters. The van der Waals surface area contributed by atoms with Crippen molar-refractivity contribution in [1.29, 1.82) is 0 Å². The van der Waals surface area contributed by atoms with Gasteiger partial charge in [0.25, 0.3) is 5.69 Å². The van der Waals surface area contributed by atoms with E-state index in [1.165, 1.54) is 6.07 Å². The lowest BCUT2D eigenvalue weighted by molar-refractivity contribution is -0.385. The van der Waals surface area contributed by atoms with Gasteiger partial charge < -0.3 is 10.2 Å². The van der Waals surface area contributed by atoms with Gasteiger partial charge in [0, 0.05) is 17.2 Å². The van der Waals surface area contributed by atoms with Gasteiger partial charge in [0.15, 0.2) is 0 Å². The van der Waals surface area contributed by atoms with E-state index in [1.54, 1.807) is 19.1 Å². The number of nitrogens with zero attached hydrogens (tertiary/aromatic N) is 3. The van der Waals surface area contributed by atoms with Crippen molar-refractivity contribution in [3.63, 3.8) is 0 Å². The van der Waals surface area contributed by atoms with E-state index >= 15 is 0 Å². The molecule has 2 N–H and O–H groups in total. The molecule has 1 heterocycles. The first-order valence-electron chi connectivity index (χ1n) is 5.87. The van der Waals surface area contributed by atoms with Gasteiger partial charge in [0.1, 0.15) is 0 Å². The summed E-state index contributed by atoms with van der Waals surface area (Å²) in [6.45, 7) is 3.58. The molecular formula is C12H14N4O3. The summed E-state index contributed by atoms with van der Waals surface area (Å²) in [7, 11) is 0. The van der Waals surface area contributed by atoms with Crippen LogP contribution in [0.15, 0.2) is 22.6 Å². The lowest BCUT2D eigenvalue weighted by Gasteiger charge is -2.01. The Morgan fingerprint density at radius 2 is 2.21 bits per heavy atom. The molecule has 2 rings (SSSR count). The summed E-state index contributed by atoms with van der Waals surface area (Å²) in [4.78, 5) is 10.4. The second-order valence-corrected chi connectivity index (χ2v) is 4.22. The van der Waals surface area contributed by atoms with Crippen LogP contribution in [0.1, 0.15) is 30.8 Å². The van der Waals surface area contributed by atoms with E-state index in [-0.39, 0.29) is 17.6 Å². The predicted octanol–water partition coefficient (Wildman–Crippen LogP) is 2.36. The van der Waals surface area contributed by atoms with Crippen molar-refractivity contribution in [2.75, 3.05) is 0 Å². The number of hydrogen-bond acceptors (Lipinski definition) is 6. The Hall–Kier alpha value is -2.28. The summed E-state index contributed by atoms with van der Waals surface area (Å²) in [5.74, 6) is 0.572. The third-order valence-corrected chi connectivity index (χ3v) is 2.85. The molecule has 1 aromatic heterocycles. The van der Waals surface area contributed by atoms with Crippen molar-refractivity contribution < 1.29 is 9.34 Å². The molecule has 2 aromatic rings. The topological polar surface area (TPSA) is 108 Å². The van der Waals surface area contributed by atoms with Gasteiger partial charge in [0.05, 0.1) is 11.0 Å². The molecule has 0 amide bonds. The fourth-order valence-electron chi connectivity index (χ4n) is 1.61. The molecule has 0 aliphatic heterocycles. The summed E-state index contributed by atoms with van der Waals surface area (Å²) in [6, 6.07) is 4.46. The maximum absolute atomic E-state index is 10.9. The third-order valence-electron chi connectivity index (χ3n) is 2.85. The molecule has 19 heavy (non-hydrogen) atoms. The summed E-state index contributed by atoms with van der Waals surface area (Å²) < 4.78 is 5.43. The van der Waals surface area contributed by atoms with Gasteiger partial charge in [-0.15, -0.1) is 10.2 Å². The molecule has 0 bridgehead atoms. The van der Waals surface area contributed by atoms with Gasteiger partial charge in [-0.2, -0.15) is 0 Å². The standard InChI is InChI=1S/C12H14N4O3/c1-3-9(13)12-15-14-11(19-12)8-5-4-7(2)10(6-8)16(17)18/h4-6,9H,3,13H2,1-2H3. The van der Waals surface area contributed by atoms with Crippen LogP contribution in [-0.4, -0.2) is 15.1 Å². The normalized spacial score (nSPS) is 12.4. The lowest BCUT2D eigenvalue weighted by Crippen LogP contribution is -2.08. The highest BCUT2D eigenvalue weighted by Crippen LogP contribution is 2.26. The molecular weight excluding hydrogens is 248 g/mol. The Balaban J connectivity index is 2.39. The molecule has 0 aliphatic rings. The largest absolute Gasteiger partial charge is 0.419 e. The van der Waals surface area contributed by atoms with Crippen molar-refractivity contribution in [2.45, 2.75) is 26.3 Å². The number of nitro benzene ring substituents is 1. The Morgan fingerprint density at radius 1 is 1.47 bits per heavy atom. The molecule has 7 heteroatoms. The SMILES string of the molecule is CCC(N)c1nnc(-c2ccc(C)c([N+](=O)[O-])c2)o1. The van der Waals surface area contributed by atoms with Crippen LogP contribution in [-0.2, 0) is 0 Å². The van der Waals surface area contributed by atoms with Gasteiger partial charge in [-0.25, -0.2) is 0 Å². The molecule has 0 radical (unpaired) electrons. The van der Waals surface area contributed by atoms with Gasteiger partial charge in [-0.3, -0.25) is 10.1 Å². The summed E-state index contributed by atoms with van der Waals surface area (Å²) in [5, 5.41) is 18.6. The van der Waals surface area contributed by atoms with Crippen LogP contribution >= 0.6 is 0 Å². The Labute approximate surface area is 109 Å². The van der Waals surface area contributed by atoms with E-state index in [9.17, 15) is 10.1 Å². The summed E-state index contributed by atoms with van der Waals surface area (Å²) in [5.41, 5.74) is 6.90. The minimum absolute atomic E-state index is 0.0250. The Bertz CT molecular complexity index is 609. The van der Waals surface area contributed by atoms with Crippen LogP contribution in [0.25, 0.3) is 11.5 Å². The second kappa shape index (κ2) is 5.15.